The van der Waals surface area contributed by atoms with Crippen LogP contribution >= 0.6 is 0 Å². The number of rotatable bonds is 3. The lowest BCUT2D eigenvalue weighted by molar-refractivity contribution is -0.111. The van der Waals surface area contributed by atoms with E-state index in [1.807, 2.05) is 36.4 Å². The first-order valence-electron chi connectivity index (χ1n) is 8.02. The number of para-hydroxylation sites is 2. The van der Waals surface area contributed by atoms with Gasteiger partial charge >= 0.3 is 0 Å². The third-order valence-electron chi connectivity index (χ3n) is 4.41. The lowest BCUT2D eigenvalue weighted by Gasteiger charge is -2.09. The normalized spacial score (nSPS) is 12.0. The van der Waals surface area contributed by atoms with Gasteiger partial charge in [0.15, 0.2) is 11.5 Å². The number of Topliss-reactive ketones (excluding diaryl/α,β-unsaturated/α-hetero) is 1. The minimum absolute atomic E-state index is 0.0637. The number of ketones is 1. The van der Waals surface area contributed by atoms with Crippen LogP contribution in [-0.4, -0.2) is 21.3 Å². The predicted octanol–water partition coefficient (Wildman–Crippen LogP) is 4.55. The third kappa shape index (κ3) is 2.39. The number of benzene rings is 3. The van der Waals surface area contributed by atoms with Gasteiger partial charge in [0.25, 0.3) is 0 Å². The van der Waals surface area contributed by atoms with Crippen LogP contribution in [0, 0.1) is 0 Å². The van der Waals surface area contributed by atoms with Crippen molar-refractivity contribution < 1.29 is 10.0 Å². The van der Waals surface area contributed by atoms with Gasteiger partial charge in [-0.05, 0) is 24.3 Å². The first kappa shape index (κ1) is 15.1. The Morgan fingerprint density at radius 1 is 0.840 bits per heavy atom. The summed E-state index contributed by atoms with van der Waals surface area (Å²) in [5, 5.41) is 14.6. The van der Waals surface area contributed by atoms with Crippen LogP contribution in [0.1, 0.15) is 12.5 Å². The topological polar surface area (TPSA) is 54.6 Å². The van der Waals surface area contributed by atoms with Crippen LogP contribution in [-0.2, 0) is 4.79 Å². The molecule has 0 unspecified atom stereocenters. The molecule has 0 aliphatic carbocycles. The number of hydrogen-bond acceptors (Lipinski definition) is 3. The van der Waals surface area contributed by atoms with Crippen LogP contribution in [0.25, 0.3) is 27.5 Å². The van der Waals surface area contributed by atoms with Gasteiger partial charge in [-0.3, -0.25) is 4.79 Å². The highest BCUT2D eigenvalue weighted by Gasteiger charge is 2.13. The van der Waals surface area contributed by atoms with Gasteiger partial charge in [0.2, 0.25) is 0 Å². The first-order valence-corrected chi connectivity index (χ1v) is 8.02. The van der Waals surface area contributed by atoms with E-state index in [2.05, 4.69) is 34.0 Å². The highest BCUT2D eigenvalue weighted by Crippen LogP contribution is 2.31. The second-order valence-electron chi connectivity index (χ2n) is 5.92. The summed E-state index contributed by atoms with van der Waals surface area (Å²) >= 11 is 0. The molecule has 4 nitrogen and oxygen atoms in total. The average Bonchev–Trinajstić information content (AvgIpc) is 2.97. The number of carbonyl (C=O) groups is 1. The first-order chi connectivity index (χ1) is 12.2. The van der Waals surface area contributed by atoms with Gasteiger partial charge in [-0.25, -0.2) is 0 Å². The molecule has 0 saturated carbocycles. The largest absolute Gasteiger partial charge is 0.410 e. The van der Waals surface area contributed by atoms with Crippen molar-refractivity contribution in [3.05, 3.63) is 78.4 Å². The van der Waals surface area contributed by atoms with E-state index < -0.39 is 0 Å². The second kappa shape index (κ2) is 5.91. The van der Waals surface area contributed by atoms with Crippen LogP contribution in [0.4, 0.5) is 0 Å². The maximum absolute atomic E-state index is 11.5. The monoisotopic (exact) mass is 328 g/mol. The Balaban J connectivity index is 1.94. The molecule has 122 valence electrons. The molecule has 0 spiro atoms. The van der Waals surface area contributed by atoms with Crippen molar-refractivity contribution in [1.29, 1.82) is 0 Å². The van der Waals surface area contributed by atoms with Gasteiger partial charge in [0.1, 0.15) is 0 Å². The standard InChI is InChI=1S/C21H16N2O2/c1-14(24)21(22-25)15-10-12-16(13-11-15)23-19-8-4-2-6-17(19)18-7-3-5-9-20(18)23/h2-13,25H,1H3/b22-21+. The van der Waals surface area contributed by atoms with Crippen molar-refractivity contribution in [3.63, 3.8) is 0 Å². The van der Waals surface area contributed by atoms with Gasteiger partial charge in [-0.1, -0.05) is 53.7 Å². The highest BCUT2D eigenvalue weighted by atomic mass is 16.4. The molecule has 25 heavy (non-hydrogen) atoms. The Hall–Kier alpha value is -3.40. The Morgan fingerprint density at radius 2 is 1.36 bits per heavy atom. The smallest absolute Gasteiger partial charge is 0.182 e. The number of fused-ring (bicyclic) bond motifs is 3. The van der Waals surface area contributed by atoms with Gasteiger partial charge in [-0.2, -0.15) is 0 Å². The molecule has 0 saturated heterocycles. The molecule has 0 aliphatic rings. The summed E-state index contributed by atoms with van der Waals surface area (Å²) in [5.41, 5.74) is 3.90. The summed E-state index contributed by atoms with van der Waals surface area (Å²) in [6.45, 7) is 1.38. The van der Waals surface area contributed by atoms with E-state index in [4.69, 9.17) is 5.21 Å². The minimum Gasteiger partial charge on any atom is -0.410 e. The molecule has 1 heterocycles. The van der Waals surface area contributed by atoms with Gasteiger partial charge in [0, 0.05) is 28.9 Å². The number of carbonyl (C=O) groups excluding carboxylic acids is 1. The molecule has 0 radical (unpaired) electrons. The van der Waals surface area contributed by atoms with E-state index >= 15 is 0 Å². The Bertz CT molecular complexity index is 1070. The van der Waals surface area contributed by atoms with Crippen LogP contribution in [0.15, 0.2) is 78.0 Å². The van der Waals surface area contributed by atoms with Crippen molar-refractivity contribution in [2.24, 2.45) is 5.16 Å². The molecule has 4 heteroatoms. The van der Waals surface area contributed by atoms with Crippen LogP contribution in [0.3, 0.4) is 0 Å². The fraction of sp³-hybridized carbons (Fsp3) is 0.0476. The highest BCUT2D eigenvalue weighted by molar-refractivity contribution is 6.45. The molecule has 0 fully saturated rings. The summed E-state index contributed by atoms with van der Waals surface area (Å²) in [7, 11) is 0. The van der Waals surface area contributed by atoms with Crippen molar-refractivity contribution in [3.8, 4) is 5.69 Å². The Kier molecular flexibility index (Phi) is 3.58. The molecule has 4 aromatic rings. The zero-order chi connectivity index (χ0) is 17.4. The fourth-order valence-electron chi connectivity index (χ4n) is 3.30. The lowest BCUT2D eigenvalue weighted by atomic mass is 10.1. The van der Waals surface area contributed by atoms with E-state index in [-0.39, 0.29) is 11.5 Å². The molecular weight excluding hydrogens is 312 g/mol. The van der Waals surface area contributed by atoms with Crippen molar-refractivity contribution in [1.82, 2.24) is 4.57 Å². The quantitative estimate of drug-likeness (QED) is 0.341. The predicted molar refractivity (Wildman–Crippen MR) is 99.8 cm³/mol. The zero-order valence-corrected chi connectivity index (χ0v) is 13.7. The maximum atomic E-state index is 11.5. The molecule has 1 aromatic heterocycles. The Labute approximate surface area is 144 Å². The van der Waals surface area contributed by atoms with E-state index in [9.17, 15) is 4.79 Å². The summed E-state index contributed by atoms with van der Waals surface area (Å²) in [6, 6.07) is 24.0. The van der Waals surface area contributed by atoms with E-state index in [1.165, 1.54) is 17.7 Å². The van der Waals surface area contributed by atoms with E-state index in [0.717, 1.165) is 16.7 Å². The van der Waals surface area contributed by atoms with Crippen molar-refractivity contribution in [2.75, 3.05) is 0 Å². The average molecular weight is 328 g/mol. The summed E-state index contributed by atoms with van der Waals surface area (Å²) < 4.78 is 2.19. The van der Waals surface area contributed by atoms with Crippen LogP contribution < -0.4 is 0 Å². The molecule has 0 aliphatic heterocycles. The summed E-state index contributed by atoms with van der Waals surface area (Å²) in [5.74, 6) is -0.271. The SMILES string of the molecule is CC(=O)/C(=N\O)c1ccc(-n2c3ccccc3c3ccccc32)cc1. The summed E-state index contributed by atoms with van der Waals surface area (Å²) in [4.78, 5) is 11.5. The second-order valence-corrected chi connectivity index (χ2v) is 5.92. The number of aromatic nitrogens is 1. The lowest BCUT2D eigenvalue weighted by Crippen LogP contribution is -2.11. The van der Waals surface area contributed by atoms with Gasteiger partial charge in [0.05, 0.1) is 11.0 Å². The molecule has 0 amide bonds. The Morgan fingerprint density at radius 3 is 1.84 bits per heavy atom. The number of hydrogen-bond donors (Lipinski definition) is 1. The molecule has 0 atom stereocenters. The molecule has 0 bridgehead atoms. The zero-order valence-electron chi connectivity index (χ0n) is 13.7. The third-order valence-corrected chi connectivity index (χ3v) is 4.41. The van der Waals surface area contributed by atoms with Gasteiger partial charge in [-0.15, -0.1) is 0 Å². The maximum Gasteiger partial charge on any atom is 0.182 e. The van der Waals surface area contributed by atoms with Crippen LogP contribution in [0.2, 0.25) is 0 Å². The molecular formula is C21H16N2O2. The minimum atomic E-state index is -0.271. The van der Waals surface area contributed by atoms with Crippen molar-refractivity contribution >= 4 is 33.3 Å². The molecule has 1 N–H and O–H groups in total. The van der Waals surface area contributed by atoms with E-state index in [0.29, 0.717) is 5.56 Å². The molecule has 4 rings (SSSR count). The van der Waals surface area contributed by atoms with Crippen molar-refractivity contribution in [2.45, 2.75) is 6.92 Å². The number of oxime groups is 1. The van der Waals surface area contributed by atoms with Gasteiger partial charge < -0.3 is 9.77 Å². The fourth-order valence-corrected chi connectivity index (χ4v) is 3.30. The van der Waals surface area contributed by atoms with E-state index in [1.54, 1.807) is 12.1 Å². The van der Waals surface area contributed by atoms with Crippen LogP contribution in [0.5, 0.6) is 0 Å². The molecule has 3 aromatic carbocycles. The summed E-state index contributed by atoms with van der Waals surface area (Å²) in [6.07, 6.45) is 0. The number of nitrogens with zero attached hydrogens (tertiary/aromatic N) is 2.